The van der Waals surface area contributed by atoms with Crippen LogP contribution in [0, 0.1) is 0 Å². The molecule has 0 aliphatic heterocycles. The van der Waals surface area contributed by atoms with Crippen molar-refractivity contribution in [2.45, 2.75) is 0 Å². The maximum absolute atomic E-state index is 5.38. The highest BCUT2D eigenvalue weighted by atomic mass is 15.2. The zero-order chi connectivity index (χ0) is 37.0. The van der Waals surface area contributed by atoms with Crippen molar-refractivity contribution < 1.29 is 0 Å². The van der Waals surface area contributed by atoms with E-state index in [2.05, 4.69) is 203 Å². The molecule has 0 atom stereocenters. The molecule has 262 valence electrons. The van der Waals surface area contributed by atoms with E-state index >= 15 is 0 Å². The summed E-state index contributed by atoms with van der Waals surface area (Å²) in [5, 5.41) is 4.69. The molecule has 0 fully saturated rings. The van der Waals surface area contributed by atoms with E-state index in [1.54, 1.807) is 0 Å². The highest BCUT2D eigenvalue weighted by molar-refractivity contribution is 6.11. The number of benzene rings is 8. The van der Waals surface area contributed by atoms with E-state index in [9.17, 15) is 0 Å². The summed E-state index contributed by atoms with van der Waals surface area (Å²) in [4.78, 5) is 15.9. The maximum atomic E-state index is 5.38. The van der Waals surface area contributed by atoms with Crippen LogP contribution < -0.4 is 0 Å². The smallest absolute Gasteiger partial charge is 0.238 e. The Bertz CT molecular complexity index is 3180. The first-order valence-electron chi connectivity index (χ1n) is 18.9. The number of para-hydroxylation sites is 4. The predicted octanol–water partition coefficient (Wildman–Crippen LogP) is 12.7. The van der Waals surface area contributed by atoms with Gasteiger partial charge in [0.1, 0.15) is 0 Å². The highest BCUT2D eigenvalue weighted by Gasteiger charge is 2.21. The van der Waals surface area contributed by atoms with Crippen molar-refractivity contribution in [1.82, 2.24) is 24.1 Å². The van der Waals surface area contributed by atoms with Crippen LogP contribution in [0.25, 0.3) is 100 Å². The molecule has 5 heteroatoms. The minimum Gasteiger partial charge on any atom is -0.309 e. The van der Waals surface area contributed by atoms with Crippen LogP contribution in [0.1, 0.15) is 0 Å². The van der Waals surface area contributed by atoms with E-state index in [-0.39, 0.29) is 0 Å². The highest BCUT2D eigenvalue weighted by Crippen LogP contribution is 2.38. The molecule has 0 N–H and O–H groups in total. The van der Waals surface area contributed by atoms with Crippen LogP contribution in [-0.2, 0) is 0 Å². The van der Waals surface area contributed by atoms with E-state index in [0.29, 0.717) is 17.6 Å². The Labute approximate surface area is 323 Å². The standard InChI is InChI=1S/C51H33N5/c1-3-15-34(16-4-1)36-27-29-37(30-28-36)49-52-50(42-22-10-14-26-47(42)55-44-23-11-7-19-39(44)40-20-8-12-24-45(40)55)54-51(53-49)56-46-25-13-9-21-41(46)43-33-38(31-32-48(43)56)35-17-5-2-6-18-35/h1-33H. The molecule has 0 radical (unpaired) electrons. The molecule has 5 nitrogen and oxygen atoms in total. The topological polar surface area (TPSA) is 48.5 Å². The summed E-state index contributed by atoms with van der Waals surface area (Å²) < 4.78 is 4.53. The summed E-state index contributed by atoms with van der Waals surface area (Å²) in [7, 11) is 0. The fourth-order valence-electron chi connectivity index (χ4n) is 8.19. The Kier molecular flexibility index (Phi) is 7.42. The molecule has 0 saturated carbocycles. The molecule has 0 amide bonds. The van der Waals surface area contributed by atoms with E-state index in [4.69, 9.17) is 15.0 Å². The van der Waals surface area contributed by atoms with Gasteiger partial charge in [0.05, 0.1) is 27.8 Å². The lowest BCUT2D eigenvalue weighted by Gasteiger charge is -2.15. The minimum atomic E-state index is 0.563. The van der Waals surface area contributed by atoms with Crippen molar-refractivity contribution in [2.24, 2.45) is 0 Å². The minimum absolute atomic E-state index is 0.563. The molecular formula is C51H33N5. The zero-order valence-corrected chi connectivity index (χ0v) is 30.3. The molecule has 0 bridgehead atoms. The van der Waals surface area contributed by atoms with Crippen LogP contribution in [0.2, 0.25) is 0 Å². The van der Waals surface area contributed by atoms with Gasteiger partial charge < -0.3 is 4.57 Å². The van der Waals surface area contributed by atoms with E-state index in [0.717, 1.165) is 66.3 Å². The largest absolute Gasteiger partial charge is 0.309 e. The van der Waals surface area contributed by atoms with E-state index in [1.807, 2.05) is 6.07 Å². The molecule has 3 heterocycles. The normalized spacial score (nSPS) is 11.6. The fraction of sp³-hybridized carbons (Fsp3) is 0. The number of nitrogens with zero attached hydrogens (tertiary/aromatic N) is 5. The molecule has 3 aromatic heterocycles. The number of rotatable bonds is 6. The van der Waals surface area contributed by atoms with Gasteiger partial charge >= 0.3 is 0 Å². The summed E-state index contributed by atoms with van der Waals surface area (Å²) >= 11 is 0. The van der Waals surface area contributed by atoms with Gasteiger partial charge in [-0.15, -0.1) is 0 Å². The second-order valence-corrected chi connectivity index (χ2v) is 14.1. The predicted molar refractivity (Wildman–Crippen MR) is 230 cm³/mol. The Morgan fingerprint density at radius 1 is 0.286 bits per heavy atom. The third kappa shape index (κ3) is 5.21. The van der Waals surface area contributed by atoms with Crippen molar-refractivity contribution in [3.8, 4) is 56.7 Å². The molecule has 11 rings (SSSR count). The fourth-order valence-corrected chi connectivity index (χ4v) is 8.19. The second-order valence-electron chi connectivity index (χ2n) is 14.1. The average Bonchev–Trinajstić information content (AvgIpc) is 3.79. The molecule has 0 aliphatic rings. The van der Waals surface area contributed by atoms with Gasteiger partial charge in [0.25, 0.3) is 0 Å². The van der Waals surface area contributed by atoms with Crippen LogP contribution in [0.4, 0.5) is 0 Å². The van der Waals surface area contributed by atoms with Crippen molar-refractivity contribution >= 4 is 43.6 Å². The van der Waals surface area contributed by atoms with Gasteiger partial charge in [0.15, 0.2) is 11.6 Å². The Hall–Kier alpha value is -7.63. The molecule has 11 aromatic rings. The number of hydrogen-bond acceptors (Lipinski definition) is 3. The SMILES string of the molecule is c1ccc(-c2ccc(-c3nc(-c4ccccc4-n4c5ccccc5c5ccccc54)nc(-n4c5ccccc5c5cc(-c6ccccc6)ccc54)n3)cc2)cc1. The van der Waals surface area contributed by atoms with Crippen LogP contribution in [0.3, 0.4) is 0 Å². The van der Waals surface area contributed by atoms with Crippen molar-refractivity contribution in [2.75, 3.05) is 0 Å². The molecule has 0 unspecified atom stereocenters. The van der Waals surface area contributed by atoms with Gasteiger partial charge in [0, 0.05) is 32.7 Å². The van der Waals surface area contributed by atoms with Crippen LogP contribution in [-0.4, -0.2) is 24.1 Å². The summed E-state index contributed by atoms with van der Waals surface area (Å²) in [6.07, 6.45) is 0. The van der Waals surface area contributed by atoms with Gasteiger partial charge in [-0.1, -0.05) is 158 Å². The van der Waals surface area contributed by atoms with Gasteiger partial charge in [-0.3, -0.25) is 4.57 Å². The number of aromatic nitrogens is 5. The van der Waals surface area contributed by atoms with Crippen molar-refractivity contribution in [3.05, 3.63) is 200 Å². The lowest BCUT2D eigenvalue weighted by molar-refractivity contribution is 0.952. The van der Waals surface area contributed by atoms with Crippen LogP contribution >= 0.6 is 0 Å². The van der Waals surface area contributed by atoms with E-state index < -0.39 is 0 Å². The number of fused-ring (bicyclic) bond motifs is 6. The quantitative estimate of drug-likeness (QED) is 0.172. The zero-order valence-electron chi connectivity index (χ0n) is 30.3. The molecular weight excluding hydrogens is 683 g/mol. The van der Waals surface area contributed by atoms with E-state index in [1.165, 1.54) is 16.3 Å². The third-order valence-electron chi connectivity index (χ3n) is 10.8. The van der Waals surface area contributed by atoms with Gasteiger partial charge in [0.2, 0.25) is 5.95 Å². The summed E-state index contributed by atoms with van der Waals surface area (Å²) in [6, 6.07) is 70.3. The molecule has 0 spiro atoms. The molecule has 0 saturated heterocycles. The lowest BCUT2D eigenvalue weighted by atomic mass is 10.0. The molecule has 8 aromatic carbocycles. The van der Waals surface area contributed by atoms with Crippen LogP contribution in [0.5, 0.6) is 0 Å². The second kappa shape index (κ2) is 13.0. The van der Waals surface area contributed by atoms with Gasteiger partial charge in [-0.25, -0.2) is 4.98 Å². The molecule has 0 aliphatic carbocycles. The average molecular weight is 716 g/mol. The Balaban J connectivity index is 1.17. The number of hydrogen-bond donors (Lipinski definition) is 0. The van der Waals surface area contributed by atoms with Gasteiger partial charge in [-0.2, -0.15) is 9.97 Å². The maximum Gasteiger partial charge on any atom is 0.238 e. The first-order chi connectivity index (χ1) is 27.8. The Morgan fingerprint density at radius 2 is 0.732 bits per heavy atom. The first-order valence-corrected chi connectivity index (χ1v) is 18.9. The molecule has 56 heavy (non-hydrogen) atoms. The first kappa shape index (κ1) is 31.9. The van der Waals surface area contributed by atoms with Crippen LogP contribution in [0.15, 0.2) is 200 Å². The third-order valence-corrected chi connectivity index (χ3v) is 10.8. The van der Waals surface area contributed by atoms with Gasteiger partial charge in [-0.05, 0) is 64.7 Å². The summed E-state index contributed by atoms with van der Waals surface area (Å²) in [5.41, 5.74) is 11.8. The summed E-state index contributed by atoms with van der Waals surface area (Å²) in [6.45, 7) is 0. The monoisotopic (exact) mass is 715 g/mol. The van der Waals surface area contributed by atoms with Crippen molar-refractivity contribution in [3.63, 3.8) is 0 Å². The lowest BCUT2D eigenvalue weighted by Crippen LogP contribution is -2.07. The summed E-state index contributed by atoms with van der Waals surface area (Å²) in [5.74, 6) is 1.77. The Morgan fingerprint density at radius 3 is 1.39 bits per heavy atom. The van der Waals surface area contributed by atoms with Crippen molar-refractivity contribution in [1.29, 1.82) is 0 Å².